The third kappa shape index (κ3) is 1.89. The first-order valence-corrected chi connectivity index (χ1v) is 5.34. The van der Waals surface area contributed by atoms with Crippen molar-refractivity contribution in [2.75, 3.05) is 0 Å². The van der Waals surface area contributed by atoms with Crippen molar-refractivity contribution < 1.29 is 0 Å². The number of hydrogen-bond donors (Lipinski definition) is 2. The summed E-state index contributed by atoms with van der Waals surface area (Å²) in [6, 6.07) is -0.196. The van der Waals surface area contributed by atoms with E-state index in [0.29, 0.717) is 0 Å². The van der Waals surface area contributed by atoms with Gasteiger partial charge in [0.1, 0.15) is 17.6 Å². The molecular formula is C8H12N6S. The lowest BCUT2D eigenvalue weighted by atomic mass is 10.2. The van der Waals surface area contributed by atoms with Crippen LogP contribution < -0.4 is 11.3 Å². The van der Waals surface area contributed by atoms with E-state index < -0.39 is 0 Å². The standard InChI is InChI=1S/C8H12N6S/c1-2-14-4-3-10-8(14)7(12-9)6-5-11-15-13-6/h3-5,7,12H,2,9H2,1H3. The molecule has 15 heavy (non-hydrogen) atoms. The number of hydrazine groups is 1. The van der Waals surface area contributed by atoms with Crippen molar-refractivity contribution in [3.8, 4) is 0 Å². The van der Waals surface area contributed by atoms with Crippen molar-refractivity contribution in [2.24, 2.45) is 5.84 Å². The van der Waals surface area contributed by atoms with Gasteiger partial charge in [-0.2, -0.15) is 8.75 Å². The van der Waals surface area contributed by atoms with Crippen LogP contribution in [0, 0.1) is 0 Å². The molecular weight excluding hydrogens is 212 g/mol. The summed E-state index contributed by atoms with van der Waals surface area (Å²) < 4.78 is 10.1. The van der Waals surface area contributed by atoms with E-state index in [4.69, 9.17) is 5.84 Å². The summed E-state index contributed by atoms with van der Waals surface area (Å²) in [5.41, 5.74) is 3.50. The van der Waals surface area contributed by atoms with Gasteiger partial charge in [0.25, 0.3) is 0 Å². The number of hydrogen-bond acceptors (Lipinski definition) is 6. The van der Waals surface area contributed by atoms with E-state index >= 15 is 0 Å². The maximum Gasteiger partial charge on any atom is 0.133 e. The van der Waals surface area contributed by atoms with Crippen LogP contribution in [0.2, 0.25) is 0 Å². The predicted octanol–water partition coefficient (Wildman–Crippen LogP) is 0.307. The molecule has 0 aliphatic heterocycles. The van der Waals surface area contributed by atoms with E-state index in [0.717, 1.165) is 29.8 Å². The number of aryl methyl sites for hydroxylation is 1. The molecule has 0 fully saturated rings. The van der Waals surface area contributed by atoms with Gasteiger partial charge in [0.05, 0.1) is 17.9 Å². The summed E-state index contributed by atoms with van der Waals surface area (Å²) in [5, 5.41) is 0. The van der Waals surface area contributed by atoms with Crippen molar-refractivity contribution in [3.05, 3.63) is 30.1 Å². The average molecular weight is 224 g/mol. The summed E-state index contributed by atoms with van der Waals surface area (Å²) in [5.74, 6) is 6.37. The zero-order valence-electron chi connectivity index (χ0n) is 8.29. The number of nitrogens with zero attached hydrogens (tertiary/aromatic N) is 4. The van der Waals surface area contributed by atoms with E-state index in [1.807, 2.05) is 10.8 Å². The van der Waals surface area contributed by atoms with Gasteiger partial charge in [-0.1, -0.05) is 0 Å². The maximum absolute atomic E-state index is 5.51. The van der Waals surface area contributed by atoms with Crippen LogP contribution in [-0.2, 0) is 6.54 Å². The largest absolute Gasteiger partial charge is 0.334 e. The Bertz CT molecular complexity index is 408. The summed E-state index contributed by atoms with van der Waals surface area (Å²) in [6.07, 6.45) is 5.37. The lowest BCUT2D eigenvalue weighted by molar-refractivity contribution is 0.553. The van der Waals surface area contributed by atoms with Gasteiger partial charge in [-0.05, 0) is 6.92 Å². The molecule has 0 radical (unpaired) electrons. The molecule has 2 rings (SSSR count). The summed E-state index contributed by atoms with van der Waals surface area (Å²) in [7, 11) is 0. The second kappa shape index (κ2) is 4.47. The highest BCUT2D eigenvalue weighted by atomic mass is 32.1. The Hall–Kier alpha value is -1.31. The Balaban J connectivity index is 2.35. The zero-order chi connectivity index (χ0) is 10.7. The summed E-state index contributed by atoms with van der Waals surface area (Å²) in [4.78, 5) is 4.27. The fourth-order valence-corrected chi connectivity index (χ4v) is 1.89. The molecule has 0 saturated carbocycles. The van der Waals surface area contributed by atoms with E-state index in [9.17, 15) is 0 Å². The predicted molar refractivity (Wildman–Crippen MR) is 57.0 cm³/mol. The quantitative estimate of drug-likeness (QED) is 0.577. The normalized spacial score (nSPS) is 12.9. The van der Waals surface area contributed by atoms with Gasteiger partial charge in [0.15, 0.2) is 0 Å². The molecule has 0 amide bonds. The number of imidazole rings is 1. The van der Waals surface area contributed by atoms with Crippen LogP contribution in [-0.4, -0.2) is 18.3 Å². The van der Waals surface area contributed by atoms with Crippen LogP contribution in [0.25, 0.3) is 0 Å². The molecule has 3 N–H and O–H groups in total. The minimum atomic E-state index is -0.196. The van der Waals surface area contributed by atoms with Crippen LogP contribution >= 0.6 is 11.7 Å². The van der Waals surface area contributed by atoms with Crippen molar-refractivity contribution in [1.29, 1.82) is 0 Å². The van der Waals surface area contributed by atoms with Crippen LogP contribution in [0.15, 0.2) is 18.6 Å². The highest BCUT2D eigenvalue weighted by Gasteiger charge is 2.19. The second-order valence-electron chi connectivity index (χ2n) is 3.00. The molecule has 80 valence electrons. The molecule has 0 saturated heterocycles. The second-order valence-corrected chi connectivity index (χ2v) is 3.56. The Morgan fingerprint density at radius 2 is 2.53 bits per heavy atom. The SMILES string of the molecule is CCn1ccnc1C(NN)c1cnsn1. The first kappa shape index (κ1) is 10.2. The third-order valence-electron chi connectivity index (χ3n) is 2.19. The molecule has 2 aromatic rings. The zero-order valence-corrected chi connectivity index (χ0v) is 9.11. The van der Waals surface area contributed by atoms with Gasteiger partial charge >= 0.3 is 0 Å². The van der Waals surface area contributed by atoms with Crippen LogP contribution in [0.3, 0.4) is 0 Å². The molecule has 0 aliphatic carbocycles. The molecule has 0 spiro atoms. The lowest BCUT2D eigenvalue weighted by Crippen LogP contribution is -2.31. The Morgan fingerprint density at radius 3 is 3.13 bits per heavy atom. The fraction of sp³-hybridized carbons (Fsp3) is 0.375. The van der Waals surface area contributed by atoms with Gasteiger partial charge in [0, 0.05) is 18.9 Å². The van der Waals surface area contributed by atoms with Crippen molar-refractivity contribution in [3.63, 3.8) is 0 Å². The number of rotatable bonds is 4. The van der Waals surface area contributed by atoms with E-state index in [2.05, 4.69) is 26.1 Å². The maximum atomic E-state index is 5.51. The van der Waals surface area contributed by atoms with Crippen molar-refractivity contribution >= 4 is 11.7 Å². The van der Waals surface area contributed by atoms with Crippen LogP contribution in [0.5, 0.6) is 0 Å². The molecule has 1 atom stereocenters. The monoisotopic (exact) mass is 224 g/mol. The highest BCUT2D eigenvalue weighted by Crippen LogP contribution is 2.17. The van der Waals surface area contributed by atoms with Gasteiger partial charge in [-0.25, -0.2) is 10.4 Å². The average Bonchev–Trinajstić information content (AvgIpc) is 2.89. The van der Waals surface area contributed by atoms with Gasteiger partial charge < -0.3 is 4.57 Å². The lowest BCUT2D eigenvalue weighted by Gasteiger charge is -2.13. The topological polar surface area (TPSA) is 81.7 Å². The van der Waals surface area contributed by atoms with E-state index in [1.165, 1.54) is 0 Å². The minimum Gasteiger partial charge on any atom is -0.334 e. The number of aromatic nitrogens is 4. The minimum absolute atomic E-state index is 0.196. The summed E-state index contributed by atoms with van der Waals surface area (Å²) >= 11 is 1.16. The van der Waals surface area contributed by atoms with E-state index in [1.54, 1.807) is 12.4 Å². The highest BCUT2D eigenvalue weighted by molar-refractivity contribution is 6.99. The molecule has 6 nitrogen and oxygen atoms in total. The molecule has 2 aromatic heterocycles. The molecule has 0 bridgehead atoms. The van der Waals surface area contributed by atoms with Gasteiger partial charge in [-0.3, -0.25) is 5.84 Å². The first-order chi connectivity index (χ1) is 7.36. The molecule has 0 aromatic carbocycles. The van der Waals surface area contributed by atoms with Crippen molar-refractivity contribution in [1.82, 2.24) is 23.7 Å². The Kier molecular flexibility index (Phi) is 3.05. The molecule has 2 heterocycles. The molecule has 0 aliphatic rings. The molecule has 1 unspecified atom stereocenters. The fourth-order valence-electron chi connectivity index (χ4n) is 1.44. The third-order valence-corrected chi connectivity index (χ3v) is 2.68. The van der Waals surface area contributed by atoms with Gasteiger partial charge in [0.2, 0.25) is 0 Å². The van der Waals surface area contributed by atoms with Crippen LogP contribution in [0.1, 0.15) is 24.5 Å². The van der Waals surface area contributed by atoms with Crippen molar-refractivity contribution in [2.45, 2.75) is 19.5 Å². The Labute approximate surface area is 91.4 Å². The number of nitrogens with two attached hydrogens (primary N) is 1. The Morgan fingerprint density at radius 1 is 1.67 bits per heavy atom. The number of nitrogens with one attached hydrogen (secondary N) is 1. The van der Waals surface area contributed by atoms with Gasteiger partial charge in [-0.15, -0.1) is 0 Å². The first-order valence-electron chi connectivity index (χ1n) is 4.61. The molecule has 7 heteroatoms. The van der Waals surface area contributed by atoms with Crippen LogP contribution in [0.4, 0.5) is 0 Å². The smallest absolute Gasteiger partial charge is 0.133 e. The van der Waals surface area contributed by atoms with E-state index in [-0.39, 0.29) is 6.04 Å². The summed E-state index contributed by atoms with van der Waals surface area (Å²) in [6.45, 7) is 2.91.